The summed E-state index contributed by atoms with van der Waals surface area (Å²) >= 11 is 0. The lowest BCUT2D eigenvalue weighted by Gasteiger charge is -1.99. The minimum absolute atomic E-state index is 0.332. The molecule has 32 heteroatoms. The van der Waals surface area contributed by atoms with Gasteiger partial charge in [0.25, 0.3) is 0 Å². The summed E-state index contributed by atoms with van der Waals surface area (Å²) in [6, 6.07) is 0. The van der Waals surface area contributed by atoms with Crippen molar-refractivity contribution in [1.29, 1.82) is 0 Å². The maximum Gasteiger partial charge on any atom is 0.303 e. The molecule has 0 spiro atoms. The number of rotatable bonds is 35. The first-order valence-corrected chi connectivity index (χ1v) is 25.7. The average Bonchev–Trinajstić information content (AvgIpc) is 3.50. The van der Waals surface area contributed by atoms with Gasteiger partial charge in [-0.15, -0.1) is 0 Å². The monoisotopic (exact) mass is 1200 g/mol. The summed E-state index contributed by atoms with van der Waals surface area (Å²) in [4.78, 5) is 10.3. The Morgan fingerprint density at radius 1 is 0.250 bits per heavy atom. The predicted molar refractivity (Wildman–Crippen MR) is 289 cm³/mol. The van der Waals surface area contributed by atoms with Crippen molar-refractivity contribution in [1.82, 2.24) is 0 Å². The summed E-state index contributed by atoms with van der Waals surface area (Å²) in [5, 5.41) is 249. The summed E-state index contributed by atoms with van der Waals surface area (Å²) < 4.78 is 0. The molecule has 0 aliphatic rings. The fourth-order valence-electron chi connectivity index (χ4n) is 2.92. The van der Waals surface area contributed by atoms with Gasteiger partial charge in [0.2, 0.25) is 0 Å². The van der Waals surface area contributed by atoms with Gasteiger partial charge in [-0.3, -0.25) is 4.79 Å². The summed E-state index contributed by atoms with van der Waals surface area (Å²) in [6.45, 7) is -5.03. The first-order chi connectivity index (χ1) is 37.9. The van der Waals surface area contributed by atoms with Crippen molar-refractivity contribution in [2.24, 2.45) is 0 Å². The molecule has 0 amide bonds. The molecule has 0 aromatic rings. The zero-order chi connectivity index (χ0) is 64.8. The van der Waals surface area contributed by atoms with Crippen molar-refractivity contribution >= 4 is 5.97 Å². The molecule has 0 aromatic heterocycles. The van der Waals surface area contributed by atoms with Crippen LogP contribution in [0.1, 0.15) is 96.8 Å². The van der Waals surface area contributed by atoms with Gasteiger partial charge in [-0.1, -0.05) is 70.4 Å². The summed E-state index contributed by atoms with van der Waals surface area (Å²) in [7, 11) is 0. The van der Waals surface area contributed by atoms with Crippen LogP contribution in [0.5, 0.6) is 0 Å². The normalized spacial score (nSPS) is 10.3. The molecule has 0 fully saturated rings. The average molecular weight is 1200 g/mol. The Morgan fingerprint density at radius 3 is 0.512 bits per heavy atom. The lowest BCUT2D eigenvalue weighted by molar-refractivity contribution is -0.137. The first kappa shape index (κ1) is 103. The summed E-state index contributed by atoms with van der Waals surface area (Å²) in [6.07, 6.45) is 11.7. The van der Waals surface area contributed by atoms with Crippen molar-refractivity contribution in [3.63, 3.8) is 0 Å². The van der Waals surface area contributed by atoms with Crippen molar-refractivity contribution in [2.45, 2.75) is 158 Å². The lowest BCUT2D eigenvalue weighted by atomic mass is 10.1. The van der Waals surface area contributed by atoms with E-state index < -0.39 is 67.0 Å². The Morgan fingerprint density at radius 2 is 0.388 bits per heavy atom. The number of aliphatic hydroxyl groups excluding tert-OH is 30. The second kappa shape index (κ2) is 99.1. The van der Waals surface area contributed by atoms with E-state index in [-0.39, 0.29) is 132 Å². The zero-order valence-electron chi connectivity index (χ0n) is 46.7. The molecular formula is C48H114O32. The zero-order valence-corrected chi connectivity index (χ0v) is 46.7. The number of hydrogen-bond donors (Lipinski definition) is 31. The predicted octanol–water partition coefficient (Wildman–Crippen LogP) is -10.6. The molecule has 31 N–H and O–H groups in total. The van der Waals surface area contributed by atoms with E-state index in [1.54, 1.807) is 0 Å². The van der Waals surface area contributed by atoms with Crippen LogP contribution in [0, 0.1) is 0 Å². The third-order valence-electron chi connectivity index (χ3n) is 7.87. The number of allylic oxidation sites excluding steroid dienone is 2. The number of carboxylic acid groups (broad SMARTS) is 1. The molecule has 0 radical (unpaired) electrons. The molecule has 0 saturated carbocycles. The van der Waals surface area contributed by atoms with Gasteiger partial charge in [-0.05, 0) is 32.1 Å². The minimum Gasteiger partial charge on any atom is -0.481 e. The van der Waals surface area contributed by atoms with Crippen LogP contribution in [-0.4, -0.2) is 357 Å². The van der Waals surface area contributed by atoms with E-state index in [2.05, 4.69) is 19.1 Å². The van der Waals surface area contributed by atoms with Crippen molar-refractivity contribution < 1.29 is 163 Å². The molecular weight excluding hydrogens is 1090 g/mol. The highest BCUT2D eigenvalue weighted by molar-refractivity contribution is 5.66. The SMILES string of the molecule is CCCCCCCC/C=C/CCCCCCCC(=O)O.OCC(O)CO.OCC(O)CO.OCC(O)CO.OCC(O)CO.OCC(O)CO.OCC(O)CO.OCC(O)CO.OCC(O)CO.OCC(O)CO.OCC(O)CO. The van der Waals surface area contributed by atoms with Crippen molar-refractivity contribution in [3.05, 3.63) is 12.2 Å². The van der Waals surface area contributed by atoms with E-state index in [9.17, 15) is 4.79 Å². The van der Waals surface area contributed by atoms with E-state index in [0.717, 1.165) is 12.8 Å². The largest absolute Gasteiger partial charge is 0.481 e. The smallest absolute Gasteiger partial charge is 0.303 e. The highest BCUT2D eigenvalue weighted by atomic mass is 16.4. The van der Waals surface area contributed by atoms with E-state index >= 15 is 0 Å². The molecule has 0 atom stereocenters. The van der Waals surface area contributed by atoms with Crippen LogP contribution in [-0.2, 0) is 4.79 Å². The second-order valence-corrected chi connectivity index (χ2v) is 15.9. The minimum atomic E-state index is -0.954. The van der Waals surface area contributed by atoms with Crippen LogP contribution in [0.4, 0.5) is 0 Å². The topological polar surface area (TPSA) is 644 Å². The molecule has 498 valence electrons. The number of carboxylic acids is 1. The first-order valence-electron chi connectivity index (χ1n) is 25.7. The van der Waals surface area contributed by atoms with Gasteiger partial charge in [-0.25, -0.2) is 0 Å². The highest BCUT2D eigenvalue weighted by Crippen LogP contribution is 2.10. The van der Waals surface area contributed by atoms with E-state index in [1.165, 1.54) is 70.6 Å². The van der Waals surface area contributed by atoms with Gasteiger partial charge in [0.05, 0.1) is 132 Å². The molecule has 0 aromatic carbocycles. The molecule has 0 unspecified atom stereocenters. The Labute approximate surface area is 470 Å². The molecule has 0 bridgehead atoms. The van der Waals surface area contributed by atoms with Gasteiger partial charge in [0.15, 0.2) is 0 Å². The fourth-order valence-corrected chi connectivity index (χ4v) is 2.92. The third-order valence-corrected chi connectivity index (χ3v) is 7.87. The van der Waals surface area contributed by atoms with E-state index in [1.807, 2.05) is 0 Å². The van der Waals surface area contributed by atoms with Gasteiger partial charge in [0, 0.05) is 6.42 Å². The van der Waals surface area contributed by atoms with Gasteiger partial charge in [-0.2, -0.15) is 0 Å². The molecule has 32 nitrogen and oxygen atoms in total. The number of aliphatic hydroxyl groups is 30. The number of aliphatic carboxylic acids is 1. The lowest BCUT2D eigenvalue weighted by Crippen LogP contribution is -2.15. The molecule has 0 heterocycles. The Balaban J connectivity index is -0.0000000761. The third kappa shape index (κ3) is 141. The van der Waals surface area contributed by atoms with Crippen LogP contribution in [0.25, 0.3) is 0 Å². The fraction of sp³-hybridized carbons (Fsp3) is 0.938. The molecule has 0 aliphatic carbocycles. The van der Waals surface area contributed by atoms with Crippen LogP contribution in [0.2, 0.25) is 0 Å². The summed E-state index contributed by atoms with van der Waals surface area (Å²) in [5.41, 5.74) is 0. The molecule has 80 heavy (non-hydrogen) atoms. The Bertz CT molecular complexity index is 798. The van der Waals surface area contributed by atoms with Crippen LogP contribution in [0.15, 0.2) is 12.2 Å². The van der Waals surface area contributed by atoms with E-state index in [0.29, 0.717) is 6.42 Å². The van der Waals surface area contributed by atoms with Crippen LogP contribution in [0.3, 0.4) is 0 Å². The van der Waals surface area contributed by atoms with E-state index in [4.69, 9.17) is 158 Å². The molecule has 0 saturated heterocycles. The van der Waals surface area contributed by atoms with Gasteiger partial charge >= 0.3 is 5.97 Å². The van der Waals surface area contributed by atoms with Crippen LogP contribution < -0.4 is 0 Å². The summed E-state index contributed by atoms with van der Waals surface area (Å²) in [5.74, 6) is -0.664. The van der Waals surface area contributed by atoms with Gasteiger partial charge < -0.3 is 158 Å². The number of hydrogen-bond acceptors (Lipinski definition) is 31. The second-order valence-electron chi connectivity index (χ2n) is 15.9. The molecule has 0 rings (SSSR count). The van der Waals surface area contributed by atoms with Crippen LogP contribution >= 0.6 is 0 Å². The quantitative estimate of drug-likeness (QED) is 0.0207. The van der Waals surface area contributed by atoms with Crippen molar-refractivity contribution in [2.75, 3.05) is 132 Å². The number of unbranched alkanes of at least 4 members (excludes halogenated alkanes) is 11. The van der Waals surface area contributed by atoms with Gasteiger partial charge in [0.1, 0.15) is 61.0 Å². The Kier molecular flexibility index (Phi) is 128. The maximum absolute atomic E-state index is 10.3. The standard InChI is InChI=1S/C18H34O2.10C3H8O3/c1-2-3-4-5-6-7-8-9-10-11-12-13-14-15-16-17-18(19)20;10*4-1-3(6)2-5/h9-10H,2-8,11-17H2,1H3,(H,19,20);10*3-6H,1-2H2/b10-9+;;;;;;;;;;. The molecule has 0 aliphatic heterocycles. The number of carbonyl (C=O) groups is 1. The highest BCUT2D eigenvalue weighted by Gasteiger charge is 2.00. The van der Waals surface area contributed by atoms with Crippen molar-refractivity contribution in [3.8, 4) is 0 Å². The maximum atomic E-state index is 10.3. The Hall–Kier alpha value is -1.99.